The van der Waals surface area contributed by atoms with Crippen LogP contribution in [0, 0.1) is 17.8 Å². The van der Waals surface area contributed by atoms with Gasteiger partial charge in [0.2, 0.25) is 0 Å². The minimum atomic E-state index is -0.569. The van der Waals surface area contributed by atoms with Crippen molar-refractivity contribution < 1.29 is 43.1 Å². The van der Waals surface area contributed by atoms with Gasteiger partial charge in [-0.2, -0.15) is 15.2 Å². The molecule has 0 spiro atoms. The van der Waals surface area contributed by atoms with Crippen LogP contribution >= 0.6 is 0 Å². The minimum absolute atomic E-state index is 0.278. The van der Waals surface area contributed by atoms with Crippen molar-refractivity contribution in [3.8, 4) is 0 Å². The molecule has 294 valence electrons. The molecule has 0 radical (unpaired) electrons. The molecule has 0 atom stereocenters. The van der Waals surface area contributed by atoms with Crippen molar-refractivity contribution in [2.45, 2.75) is 192 Å². The van der Waals surface area contributed by atoms with Gasteiger partial charge in [0.15, 0.2) is 0 Å². The number of hydroxylamine groups is 6. The summed E-state index contributed by atoms with van der Waals surface area (Å²) in [6, 6.07) is 0. The van der Waals surface area contributed by atoms with Crippen molar-refractivity contribution in [1.82, 2.24) is 15.2 Å². The molecule has 12 heteroatoms. The number of hydrogen-bond donors (Lipinski definition) is 0. The lowest BCUT2D eigenvalue weighted by atomic mass is 9.75. The molecule has 12 nitrogen and oxygen atoms in total. The number of carbonyl (C=O) groups excluding carboxylic acids is 3. The molecular formula is C39H69N3O9. The second kappa shape index (κ2) is 14.8. The summed E-state index contributed by atoms with van der Waals surface area (Å²) in [4.78, 5) is 58.8. The van der Waals surface area contributed by atoms with E-state index in [1.54, 1.807) is 21.3 Å². The zero-order valence-electron chi connectivity index (χ0n) is 34.3. The fourth-order valence-electron chi connectivity index (χ4n) is 11.0. The maximum Gasteiger partial charge on any atom is 0.309 e. The molecule has 3 heterocycles. The Bertz CT molecular complexity index is 1070. The van der Waals surface area contributed by atoms with Gasteiger partial charge < -0.3 is 28.7 Å². The standard InChI is InChI=1S/C39H69N3O9/c1-34(2)19-25(20-35(3,4)40(34)46-13)31(43)49-28-16-29(50-32(44)26-21-36(5,6)41(47-14)37(7,8)22-26)18-30(17-28)51-33(45)27-23-38(9,10)42(48-15)39(11,12)24-27/h25-30H,16-24H2,1-15H3. The Hall–Kier alpha value is -1.83. The maximum absolute atomic E-state index is 13.9. The van der Waals surface area contributed by atoms with Crippen LogP contribution in [0.4, 0.5) is 0 Å². The monoisotopic (exact) mass is 724 g/mol. The van der Waals surface area contributed by atoms with Crippen LogP contribution in [0.25, 0.3) is 0 Å². The van der Waals surface area contributed by atoms with Crippen LogP contribution in [-0.2, 0) is 43.1 Å². The molecule has 0 aromatic heterocycles. The van der Waals surface area contributed by atoms with Crippen LogP contribution < -0.4 is 0 Å². The normalized spacial score (nSPS) is 31.5. The number of hydrogen-bond acceptors (Lipinski definition) is 12. The highest BCUT2D eigenvalue weighted by atomic mass is 16.7. The van der Waals surface area contributed by atoms with Gasteiger partial charge in [-0.1, -0.05) is 0 Å². The molecule has 4 aliphatic rings. The summed E-state index contributed by atoms with van der Waals surface area (Å²) < 4.78 is 18.8. The topological polar surface area (TPSA) is 116 Å². The first kappa shape index (κ1) is 41.9. The zero-order chi connectivity index (χ0) is 38.5. The molecule has 0 aromatic rings. The van der Waals surface area contributed by atoms with Gasteiger partial charge in [-0.3, -0.25) is 14.4 Å². The van der Waals surface area contributed by atoms with Crippen LogP contribution in [0.2, 0.25) is 0 Å². The Morgan fingerprint density at radius 3 is 0.725 bits per heavy atom. The van der Waals surface area contributed by atoms with E-state index in [-0.39, 0.29) is 68.9 Å². The molecule has 3 saturated heterocycles. The molecule has 3 aliphatic heterocycles. The van der Waals surface area contributed by atoms with Gasteiger partial charge in [-0.25, -0.2) is 0 Å². The fraction of sp³-hybridized carbons (Fsp3) is 0.923. The fourth-order valence-corrected chi connectivity index (χ4v) is 11.0. The van der Waals surface area contributed by atoms with Crippen molar-refractivity contribution in [2.75, 3.05) is 21.3 Å². The van der Waals surface area contributed by atoms with Crippen LogP contribution in [0.15, 0.2) is 0 Å². The first-order valence-electron chi connectivity index (χ1n) is 18.9. The van der Waals surface area contributed by atoms with E-state index < -0.39 is 18.3 Å². The van der Waals surface area contributed by atoms with Crippen LogP contribution in [0.3, 0.4) is 0 Å². The highest BCUT2D eigenvalue weighted by Gasteiger charge is 2.52. The van der Waals surface area contributed by atoms with E-state index >= 15 is 0 Å². The average Bonchev–Trinajstić information content (AvgIpc) is 2.93. The second-order valence-electron chi connectivity index (χ2n) is 19.5. The molecule has 0 amide bonds. The van der Waals surface area contributed by atoms with E-state index in [0.29, 0.717) is 57.8 Å². The summed E-state index contributed by atoms with van der Waals surface area (Å²) in [5, 5.41) is 5.90. The first-order valence-corrected chi connectivity index (χ1v) is 18.9. The minimum Gasteiger partial charge on any atom is -0.462 e. The summed E-state index contributed by atoms with van der Waals surface area (Å²) >= 11 is 0. The number of nitrogens with zero attached hydrogens (tertiary/aromatic N) is 3. The first-order chi connectivity index (χ1) is 23.3. The van der Waals surface area contributed by atoms with E-state index in [9.17, 15) is 14.4 Å². The van der Waals surface area contributed by atoms with Crippen LogP contribution in [-0.4, -0.2) is 106 Å². The van der Waals surface area contributed by atoms with Gasteiger partial charge in [-0.05, 0) is 122 Å². The molecule has 1 saturated carbocycles. The Kier molecular flexibility index (Phi) is 12.1. The lowest BCUT2D eigenvalue weighted by Gasteiger charge is -2.53. The van der Waals surface area contributed by atoms with Crippen molar-refractivity contribution in [1.29, 1.82) is 0 Å². The second-order valence-corrected chi connectivity index (χ2v) is 19.5. The van der Waals surface area contributed by atoms with Gasteiger partial charge in [0, 0.05) is 52.5 Å². The maximum atomic E-state index is 13.9. The summed E-state index contributed by atoms with van der Waals surface area (Å²) in [5.41, 5.74) is -2.32. The van der Waals surface area contributed by atoms with E-state index in [2.05, 4.69) is 83.1 Å². The number of carbonyl (C=O) groups is 3. The number of rotatable bonds is 9. The molecule has 51 heavy (non-hydrogen) atoms. The van der Waals surface area contributed by atoms with Crippen molar-refractivity contribution >= 4 is 17.9 Å². The molecule has 0 N–H and O–H groups in total. The summed E-state index contributed by atoms with van der Waals surface area (Å²) in [6.07, 6.45) is 2.79. The van der Waals surface area contributed by atoms with Gasteiger partial charge >= 0.3 is 17.9 Å². The summed E-state index contributed by atoms with van der Waals surface area (Å²) in [5.74, 6) is -1.84. The van der Waals surface area contributed by atoms with Crippen LogP contribution in [0.5, 0.6) is 0 Å². The Morgan fingerprint density at radius 1 is 0.392 bits per heavy atom. The molecule has 0 unspecified atom stereocenters. The summed E-state index contributed by atoms with van der Waals surface area (Å²) in [6.45, 7) is 24.9. The lowest BCUT2D eigenvalue weighted by Crippen LogP contribution is -2.61. The average molecular weight is 724 g/mol. The van der Waals surface area contributed by atoms with Gasteiger partial charge in [0.25, 0.3) is 0 Å². The predicted molar refractivity (Wildman–Crippen MR) is 193 cm³/mol. The third kappa shape index (κ3) is 9.11. The molecule has 4 rings (SSSR count). The Labute approximate surface area is 307 Å². The van der Waals surface area contributed by atoms with Crippen molar-refractivity contribution in [2.24, 2.45) is 17.8 Å². The number of piperidine rings is 3. The molecule has 0 bridgehead atoms. The molecule has 0 aromatic carbocycles. The Balaban J connectivity index is 1.52. The number of esters is 3. The highest BCUT2D eigenvalue weighted by Crippen LogP contribution is 2.45. The smallest absolute Gasteiger partial charge is 0.309 e. The van der Waals surface area contributed by atoms with Gasteiger partial charge in [0.05, 0.1) is 39.1 Å². The van der Waals surface area contributed by atoms with Gasteiger partial charge in [0.1, 0.15) is 18.3 Å². The van der Waals surface area contributed by atoms with Gasteiger partial charge in [-0.15, -0.1) is 0 Å². The molecule has 4 fully saturated rings. The largest absolute Gasteiger partial charge is 0.462 e. The Morgan fingerprint density at radius 2 is 0.569 bits per heavy atom. The zero-order valence-corrected chi connectivity index (χ0v) is 34.3. The van der Waals surface area contributed by atoms with Crippen LogP contribution in [0.1, 0.15) is 141 Å². The lowest BCUT2D eigenvalue weighted by molar-refractivity contribution is -0.273. The molecule has 1 aliphatic carbocycles. The van der Waals surface area contributed by atoms with E-state index in [4.69, 9.17) is 28.7 Å². The van der Waals surface area contributed by atoms with Crippen molar-refractivity contribution in [3.63, 3.8) is 0 Å². The van der Waals surface area contributed by atoms with Crippen molar-refractivity contribution in [3.05, 3.63) is 0 Å². The van der Waals surface area contributed by atoms with E-state index in [1.807, 2.05) is 15.2 Å². The number of ether oxygens (including phenoxy) is 3. The summed E-state index contributed by atoms with van der Waals surface area (Å²) in [7, 11) is 5.00. The van der Waals surface area contributed by atoms with E-state index in [0.717, 1.165) is 0 Å². The highest BCUT2D eigenvalue weighted by molar-refractivity contribution is 5.74. The van der Waals surface area contributed by atoms with E-state index in [1.165, 1.54) is 0 Å². The predicted octanol–water partition coefficient (Wildman–Crippen LogP) is 6.40. The third-order valence-electron chi connectivity index (χ3n) is 11.7. The quantitative estimate of drug-likeness (QED) is 0.194. The molecular weight excluding hydrogens is 654 g/mol. The third-order valence-corrected chi connectivity index (χ3v) is 11.7. The SMILES string of the molecule is CON1C(C)(C)CC(C(=O)OC2CC(OC(=O)C3CC(C)(C)N(OC)C(C)(C)C3)CC(OC(=O)C3CC(C)(C)N(OC)C(C)(C)C3)C2)CC1(C)C.